The summed E-state index contributed by atoms with van der Waals surface area (Å²) in [6.45, 7) is 0.835. The van der Waals surface area contributed by atoms with E-state index in [1.165, 1.54) is 0 Å². The Morgan fingerprint density at radius 3 is 2.58 bits per heavy atom. The Bertz CT molecular complexity index is 354. The van der Waals surface area contributed by atoms with E-state index in [1.807, 2.05) is 0 Å². The van der Waals surface area contributed by atoms with Crippen molar-refractivity contribution in [2.45, 2.75) is 50.7 Å². The van der Waals surface area contributed by atoms with E-state index in [9.17, 15) is 13.2 Å². The molecule has 2 rings (SSSR count). The van der Waals surface area contributed by atoms with Crippen LogP contribution in [-0.2, 0) is 6.42 Å². The normalized spacial score (nSPS) is 24.6. The number of nitrogens with zero attached hydrogens (tertiary/aromatic N) is 1. The van der Waals surface area contributed by atoms with Crippen molar-refractivity contribution in [1.82, 2.24) is 15.3 Å². The lowest BCUT2D eigenvalue weighted by Gasteiger charge is -2.30. The van der Waals surface area contributed by atoms with Gasteiger partial charge in [-0.25, -0.2) is 4.98 Å². The lowest BCUT2D eigenvalue weighted by Crippen LogP contribution is -2.37. The second-order valence-corrected chi connectivity index (χ2v) is 5.18. The Balaban J connectivity index is 1.58. The fourth-order valence-corrected chi connectivity index (χ4v) is 2.62. The molecule has 0 atom stereocenters. The minimum atomic E-state index is -4.01. The van der Waals surface area contributed by atoms with E-state index < -0.39 is 12.1 Å². The van der Waals surface area contributed by atoms with E-state index in [0.717, 1.165) is 25.2 Å². The number of hydrogen-bond donors (Lipinski definition) is 2. The first-order valence-electron chi connectivity index (χ1n) is 6.84. The summed E-state index contributed by atoms with van der Waals surface area (Å²) in [5.41, 5.74) is 0. The highest BCUT2D eigenvalue weighted by Crippen LogP contribution is 2.37. The van der Waals surface area contributed by atoms with Crippen LogP contribution in [0.3, 0.4) is 0 Å². The Hall–Kier alpha value is -1.04. The Kier molecular flexibility index (Phi) is 4.85. The summed E-state index contributed by atoms with van der Waals surface area (Å²) >= 11 is 0. The zero-order chi connectivity index (χ0) is 13.7. The van der Waals surface area contributed by atoms with Crippen LogP contribution in [0.1, 0.15) is 37.9 Å². The summed E-state index contributed by atoms with van der Waals surface area (Å²) in [4.78, 5) is 7.16. The molecule has 2 N–H and O–H groups in total. The number of halogens is 3. The molecule has 1 aliphatic carbocycles. The SMILES string of the molecule is FC(F)(F)C1CCC(NCCCc2ncc[nH]2)CC1. The predicted octanol–water partition coefficient (Wildman–Crippen LogP) is 3.05. The molecule has 108 valence electrons. The first-order valence-corrected chi connectivity index (χ1v) is 6.84. The zero-order valence-corrected chi connectivity index (χ0v) is 10.8. The first-order chi connectivity index (χ1) is 9.05. The van der Waals surface area contributed by atoms with Crippen LogP contribution >= 0.6 is 0 Å². The van der Waals surface area contributed by atoms with E-state index in [2.05, 4.69) is 15.3 Å². The van der Waals surface area contributed by atoms with Crippen molar-refractivity contribution in [3.63, 3.8) is 0 Å². The topological polar surface area (TPSA) is 40.7 Å². The summed E-state index contributed by atoms with van der Waals surface area (Å²) in [5.74, 6) is -0.128. The van der Waals surface area contributed by atoms with Gasteiger partial charge < -0.3 is 10.3 Å². The number of aromatic amines is 1. The predicted molar refractivity (Wildman–Crippen MR) is 66.7 cm³/mol. The van der Waals surface area contributed by atoms with E-state index in [-0.39, 0.29) is 18.9 Å². The number of rotatable bonds is 5. The molecule has 0 amide bonds. The van der Waals surface area contributed by atoms with Gasteiger partial charge in [-0.2, -0.15) is 13.2 Å². The number of aryl methyl sites for hydroxylation is 1. The maximum absolute atomic E-state index is 12.5. The minimum absolute atomic E-state index is 0.246. The van der Waals surface area contributed by atoms with Crippen LogP contribution in [0.4, 0.5) is 13.2 Å². The summed E-state index contributed by atoms with van der Waals surface area (Å²) in [6, 6.07) is 0.246. The highest BCUT2D eigenvalue weighted by molar-refractivity contribution is 4.87. The van der Waals surface area contributed by atoms with E-state index in [1.54, 1.807) is 12.4 Å². The first kappa shape index (κ1) is 14.4. The molecule has 0 aromatic carbocycles. The van der Waals surface area contributed by atoms with Crippen molar-refractivity contribution in [2.24, 2.45) is 5.92 Å². The monoisotopic (exact) mass is 275 g/mol. The van der Waals surface area contributed by atoms with Crippen molar-refractivity contribution in [2.75, 3.05) is 6.54 Å². The summed E-state index contributed by atoms with van der Waals surface area (Å²) in [7, 11) is 0. The average Bonchev–Trinajstić information content (AvgIpc) is 2.87. The molecule has 0 saturated heterocycles. The van der Waals surface area contributed by atoms with E-state index in [0.29, 0.717) is 12.8 Å². The van der Waals surface area contributed by atoms with Crippen molar-refractivity contribution in [3.8, 4) is 0 Å². The number of H-pyrrole nitrogens is 1. The third kappa shape index (κ3) is 4.53. The molecule has 3 nitrogen and oxygen atoms in total. The maximum Gasteiger partial charge on any atom is 0.391 e. The van der Waals surface area contributed by atoms with Gasteiger partial charge in [0.25, 0.3) is 0 Å². The molecule has 0 bridgehead atoms. The van der Waals surface area contributed by atoms with Gasteiger partial charge in [-0.1, -0.05) is 0 Å². The summed E-state index contributed by atoms with van der Waals surface area (Å²) in [5, 5.41) is 3.35. The molecule has 1 aliphatic rings. The number of hydrogen-bond acceptors (Lipinski definition) is 2. The van der Waals surface area contributed by atoms with Gasteiger partial charge >= 0.3 is 6.18 Å². The summed E-state index contributed by atoms with van der Waals surface area (Å²) in [6.07, 6.45) is 3.12. The van der Waals surface area contributed by atoms with Crippen LogP contribution in [0.25, 0.3) is 0 Å². The van der Waals surface area contributed by atoms with Gasteiger partial charge in [0.05, 0.1) is 5.92 Å². The minimum Gasteiger partial charge on any atom is -0.349 e. The van der Waals surface area contributed by atoms with Gasteiger partial charge in [0.15, 0.2) is 0 Å². The fraction of sp³-hybridized carbons (Fsp3) is 0.769. The van der Waals surface area contributed by atoms with Crippen molar-refractivity contribution < 1.29 is 13.2 Å². The zero-order valence-electron chi connectivity index (χ0n) is 10.8. The molecule has 19 heavy (non-hydrogen) atoms. The lowest BCUT2D eigenvalue weighted by atomic mass is 9.85. The molecule has 0 radical (unpaired) electrons. The Morgan fingerprint density at radius 2 is 2.00 bits per heavy atom. The van der Waals surface area contributed by atoms with Crippen LogP contribution < -0.4 is 5.32 Å². The molecule has 1 aromatic heterocycles. The Labute approximate surface area is 111 Å². The van der Waals surface area contributed by atoms with Gasteiger partial charge in [0.1, 0.15) is 5.82 Å². The van der Waals surface area contributed by atoms with Crippen LogP contribution in [-0.4, -0.2) is 28.7 Å². The lowest BCUT2D eigenvalue weighted by molar-refractivity contribution is -0.182. The highest BCUT2D eigenvalue weighted by atomic mass is 19.4. The van der Waals surface area contributed by atoms with Crippen LogP contribution in [0, 0.1) is 5.92 Å². The smallest absolute Gasteiger partial charge is 0.349 e. The van der Waals surface area contributed by atoms with Crippen molar-refractivity contribution >= 4 is 0 Å². The molecule has 0 aliphatic heterocycles. The molecular weight excluding hydrogens is 255 g/mol. The van der Waals surface area contributed by atoms with Crippen molar-refractivity contribution in [1.29, 1.82) is 0 Å². The Morgan fingerprint density at radius 1 is 1.26 bits per heavy atom. The van der Waals surface area contributed by atoms with Crippen molar-refractivity contribution in [3.05, 3.63) is 18.2 Å². The van der Waals surface area contributed by atoms with Gasteiger partial charge in [0, 0.05) is 24.9 Å². The third-order valence-corrected chi connectivity index (χ3v) is 3.77. The molecule has 0 spiro atoms. The highest BCUT2D eigenvalue weighted by Gasteiger charge is 2.41. The standard InChI is InChI=1S/C13H20F3N3/c14-13(15,16)10-3-5-11(6-4-10)17-7-1-2-12-18-8-9-19-12/h8-11,17H,1-7H2,(H,18,19). The van der Waals surface area contributed by atoms with Crippen LogP contribution in [0.5, 0.6) is 0 Å². The molecule has 1 saturated carbocycles. The van der Waals surface area contributed by atoms with Gasteiger partial charge in [-0.05, 0) is 38.6 Å². The summed E-state index contributed by atoms with van der Waals surface area (Å²) < 4.78 is 37.5. The number of alkyl halides is 3. The fourth-order valence-electron chi connectivity index (χ4n) is 2.62. The van der Waals surface area contributed by atoms with Gasteiger partial charge in [-0.3, -0.25) is 0 Å². The van der Waals surface area contributed by atoms with Gasteiger partial charge in [-0.15, -0.1) is 0 Å². The number of aromatic nitrogens is 2. The average molecular weight is 275 g/mol. The molecule has 6 heteroatoms. The molecule has 0 unspecified atom stereocenters. The van der Waals surface area contributed by atoms with Crippen LogP contribution in [0.2, 0.25) is 0 Å². The maximum atomic E-state index is 12.5. The molecule has 1 aromatic rings. The molecule has 1 heterocycles. The third-order valence-electron chi connectivity index (χ3n) is 3.77. The number of nitrogens with one attached hydrogen (secondary N) is 2. The van der Waals surface area contributed by atoms with E-state index >= 15 is 0 Å². The van der Waals surface area contributed by atoms with Crippen LogP contribution in [0.15, 0.2) is 12.4 Å². The quantitative estimate of drug-likeness (QED) is 0.811. The molecule has 1 fully saturated rings. The molecular formula is C13H20F3N3. The second kappa shape index (κ2) is 6.41. The largest absolute Gasteiger partial charge is 0.391 e. The number of imidazole rings is 1. The van der Waals surface area contributed by atoms with E-state index in [4.69, 9.17) is 0 Å². The van der Waals surface area contributed by atoms with Gasteiger partial charge in [0.2, 0.25) is 0 Å². The second-order valence-electron chi connectivity index (χ2n) is 5.18.